The predicted octanol–water partition coefficient (Wildman–Crippen LogP) is 3.66. The molecule has 0 atom stereocenters. The third-order valence-corrected chi connectivity index (χ3v) is 7.43. The number of benzene rings is 1. The number of rotatable bonds is 6. The number of nitrogens with zero attached hydrogens (tertiary/aromatic N) is 1. The quantitative estimate of drug-likeness (QED) is 0.846. The Bertz CT molecular complexity index is 825. The van der Waals surface area contributed by atoms with Gasteiger partial charge < -0.3 is 5.32 Å². The van der Waals surface area contributed by atoms with E-state index in [1.165, 1.54) is 25.2 Å². The molecule has 0 radical (unpaired) electrons. The van der Waals surface area contributed by atoms with Gasteiger partial charge in [-0.2, -0.15) is 0 Å². The lowest BCUT2D eigenvalue weighted by Crippen LogP contribution is -2.45. The largest absolute Gasteiger partial charge is 0.301 e. The summed E-state index contributed by atoms with van der Waals surface area (Å²) in [4.78, 5) is 17.9. The van der Waals surface area contributed by atoms with Gasteiger partial charge in [-0.15, -0.1) is 11.3 Å². The molecule has 130 valence electrons. The third-order valence-electron chi connectivity index (χ3n) is 3.86. The monoisotopic (exact) mass is 366 g/mol. The van der Waals surface area contributed by atoms with Crippen LogP contribution in [0.15, 0.2) is 30.3 Å². The van der Waals surface area contributed by atoms with Crippen molar-refractivity contribution in [2.45, 2.75) is 38.9 Å². The lowest BCUT2D eigenvalue weighted by molar-refractivity contribution is -0.117. The van der Waals surface area contributed by atoms with Crippen molar-refractivity contribution >= 4 is 32.2 Å². The van der Waals surface area contributed by atoms with Gasteiger partial charge in [0.1, 0.15) is 4.75 Å². The SMILES string of the molecule is CCCS(=O)(=O)C(C)(C)C(=O)Nc1nc(-c2ccccc2)c(C)s1. The Morgan fingerprint density at radius 1 is 1.25 bits per heavy atom. The van der Waals surface area contributed by atoms with Gasteiger partial charge in [-0.25, -0.2) is 13.4 Å². The molecule has 1 heterocycles. The second-order valence-corrected chi connectivity index (χ2v) is 9.93. The van der Waals surface area contributed by atoms with Crippen molar-refractivity contribution in [1.29, 1.82) is 0 Å². The highest BCUT2D eigenvalue weighted by Gasteiger charge is 2.41. The first-order valence-corrected chi connectivity index (χ1v) is 10.2. The number of hydrogen-bond acceptors (Lipinski definition) is 5. The van der Waals surface area contributed by atoms with Gasteiger partial charge in [0.2, 0.25) is 5.91 Å². The molecule has 0 spiro atoms. The van der Waals surface area contributed by atoms with Crippen molar-refractivity contribution in [3.63, 3.8) is 0 Å². The van der Waals surface area contributed by atoms with Gasteiger partial charge in [0.15, 0.2) is 15.0 Å². The van der Waals surface area contributed by atoms with E-state index in [4.69, 9.17) is 0 Å². The van der Waals surface area contributed by atoms with Crippen LogP contribution < -0.4 is 5.32 Å². The molecule has 5 nitrogen and oxygen atoms in total. The Labute approximate surface area is 147 Å². The summed E-state index contributed by atoms with van der Waals surface area (Å²) in [5.74, 6) is -0.566. The van der Waals surface area contributed by atoms with Gasteiger partial charge in [-0.05, 0) is 27.2 Å². The Morgan fingerprint density at radius 3 is 2.46 bits per heavy atom. The Balaban J connectivity index is 2.25. The first-order chi connectivity index (χ1) is 11.2. The number of aryl methyl sites for hydroxylation is 1. The first-order valence-electron chi connectivity index (χ1n) is 7.75. The topological polar surface area (TPSA) is 76.1 Å². The number of thiazole rings is 1. The summed E-state index contributed by atoms with van der Waals surface area (Å²) in [5, 5.41) is 3.08. The molecular weight excluding hydrogens is 344 g/mol. The van der Waals surface area contributed by atoms with Crippen molar-refractivity contribution in [2.24, 2.45) is 0 Å². The van der Waals surface area contributed by atoms with Crippen LogP contribution in [0.5, 0.6) is 0 Å². The minimum absolute atomic E-state index is 0.0143. The average molecular weight is 367 g/mol. The molecule has 2 aromatic rings. The summed E-state index contributed by atoms with van der Waals surface area (Å²) in [7, 11) is -3.52. The van der Waals surface area contributed by atoms with Crippen molar-refractivity contribution in [1.82, 2.24) is 4.98 Å². The maximum Gasteiger partial charge on any atom is 0.247 e. The zero-order valence-corrected chi connectivity index (χ0v) is 15.9. The van der Waals surface area contributed by atoms with Gasteiger partial charge in [0.25, 0.3) is 0 Å². The number of anilines is 1. The van der Waals surface area contributed by atoms with E-state index < -0.39 is 20.5 Å². The highest BCUT2D eigenvalue weighted by atomic mass is 32.2. The number of carbonyl (C=O) groups excluding carboxylic acids is 1. The van der Waals surface area contributed by atoms with E-state index in [9.17, 15) is 13.2 Å². The first kappa shape index (κ1) is 18.6. The number of sulfone groups is 1. The van der Waals surface area contributed by atoms with Crippen LogP contribution in [0.4, 0.5) is 5.13 Å². The zero-order valence-electron chi connectivity index (χ0n) is 14.3. The van der Waals surface area contributed by atoms with E-state index in [-0.39, 0.29) is 5.75 Å². The summed E-state index contributed by atoms with van der Waals surface area (Å²) in [6, 6.07) is 9.67. The lowest BCUT2D eigenvalue weighted by atomic mass is 10.1. The van der Waals surface area contributed by atoms with E-state index in [1.807, 2.05) is 37.3 Å². The summed E-state index contributed by atoms with van der Waals surface area (Å²) in [6.45, 7) is 6.58. The number of nitrogens with one attached hydrogen (secondary N) is 1. The molecule has 1 amide bonds. The molecule has 7 heteroatoms. The molecule has 1 aromatic carbocycles. The van der Waals surface area contributed by atoms with E-state index in [1.54, 1.807) is 6.92 Å². The molecule has 0 saturated carbocycles. The normalized spacial score (nSPS) is 12.2. The Morgan fingerprint density at radius 2 is 1.88 bits per heavy atom. The highest BCUT2D eigenvalue weighted by Crippen LogP contribution is 2.31. The van der Waals surface area contributed by atoms with Gasteiger partial charge in [0.05, 0.1) is 11.4 Å². The summed E-state index contributed by atoms with van der Waals surface area (Å²) in [6.07, 6.45) is 0.480. The molecule has 2 rings (SSSR count). The van der Waals surface area contributed by atoms with Gasteiger partial charge in [-0.3, -0.25) is 4.79 Å². The lowest BCUT2D eigenvalue weighted by Gasteiger charge is -2.22. The molecule has 0 unspecified atom stereocenters. The molecule has 0 aliphatic rings. The fraction of sp³-hybridized carbons (Fsp3) is 0.412. The molecule has 1 N–H and O–H groups in total. The van der Waals surface area contributed by atoms with Crippen molar-refractivity contribution in [3.05, 3.63) is 35.2 Å². The standard InChI is InChI=1S/C17H22N2O3S2/c1-5-11-24(21,22)17(3,4)15(20)19-16-18-14(12(2)23-16)13-9-7-6-8-10-13/h6-10H,5,11H2,1-4H3,(H,18,19,20). The number of hydrogen-bond donors (Lipinski definition) is 1. The van der Waals surface area contributed by atoms with Crippen LogP contribution in [-0.2, 0) is 14.6 Å². The van der Waals surface area contributed by atoms with Gasteiger partial charge >= 0.3 is 0 Å². The van der Waals surface area contributed by atoms with Crippen LogP contribution in [0.2, 0.25) is 0 Å². The molecule has 24 heavy (non-hydrogen) atoms. The van der Waals surface area contributed by atoms with Crippen LogP contribution in [0.3, 0.4) is 0 Å². The number of aromatic nitrogens is 1. The summed E-state index contributed by atoms with van der Waals surface area (Å²) >= 11 is 1.34. The average Bonchev–Trinajstić information content (AvgIpc) is 2.88. The van der Waals surface area contributed by atoms with E-state index in [0.29, 0.717) is 11.6 Å². The maximum absolute atomic E-state index is 12.5. The molecule has 0 fully saturated rings. The minimum atomic E-state index is -3.52. The van der Waals surface area contributed by atoms with Crippen molar-refractivity contribution < 1.29 is 13.2 Å². The highest BCUT2D eigenvalue weighted by molar-refractivity contribution is 7.93. The summed E-state index contributed by atoms with van der Waals surface area (Å²) in [5.41, 5.74) is 1.76. The number of carbonyl (C=O) groups is 1. The molecule has 0 bridgehead atoms. The van der Waals surface area contributed by atoms with E-state index in [0.717, 1.165) is 16.1 Å². The maximum atomic E-state index is 12.5. The van der Waals surface area contributed by atoms with Crippen molar-refractivity contribution in [3.8, 4) is 11.3 Å². The second kappa shape index (κ2) is 7.03. The molecule has 0 aliphatic heterocycles. The van der Waals surface area contributed by atoms with Crippen molar-refractivity contribution in [2.75, 3.05) is 11.1 Å². The Kier molecular flexibility index (Phi) is 5.45. The fourth-order valence-electron chi connectivity index (χ4n) is 2.23. The fourth-order valence-corrected chi connectivity index (χ4v) is 4.44. The van der Waals surface area contributed by atoms with E-state index in [2.05, 4.69) is 10.3 Å². The minimum Gasteiger partial charge on any atom is -0.301 e. The van der Waals surface area contributed by atoms with Crippen LogP contribution in [0.25, 0.3) is 11.3 Å². The molecule has 1 aromatic heterocycles. The molecular formula is C17H22N2O3S2. The van der Waals surface area contributed by atoms with Crippen LogP contribution in [0, 0.1) is 6.92 Å². The van der Waals surface area contributed by atoms with Gasteiger partial charge in [-0.1, -0.05) is 37.3 Å². The van der Waals surface area contributed by atoms with Crippen LogP contribution >= 0.6 is 11.3 Å². The Hall–Kier alpha value is -1.73. The zero-order chi connectivity index (χ0) is 18.0. The van der Waals surface area contributed by atoms with E-state index >= 15 is 0 Å². The van der Waals surface area contributed by atoms with Crippen LogP contribution in [0.1, 0.15) is 32.1 Å². The number of amides is 1. The smallest absolute Gasteiger partial charge is 0.247 e. The molecule has 0 aliphatic carbocycles. The second-order valence-electron chi connectivity index (χ2n) is 6.07. The summed E-state index contributed by atoms with van der Waals surface area (Å²) < 4.78 is 23.1. The third kappa shape index (κ3) is 3.67. The van der Waals surface area contributed by atoms with Gasteiger partial charge in [0, 0.05) is 10.4 Å². The molecule has 0 saturated heterocycles. The van der Waals surface area contributed by atoms with Crippen LogP contribution in [-0.4, -0.2) is 29.8 Å². The predicted molar refractivity (Wildman–Crippen MR) is 99.1 cm³/mol.